The third kappa shape index (κ3) is 2.60. The van der Waals surface area contributed by atoms with Crippen LogP contribution in [-0.4, -0.2) is 11.0 Å². The average Bonchev–Trinajstić information content (AvgIpc) is 2.87. The van der Waals surface area contributed by atoms with E-state index >= 15 is 0 Å². The number of carbonyl (C=O) groups excluding carboxylic acids is 1. The first-order valence-electron chi connectivity index (χ1n) is 5.53. The van der Waals surface area contributed by atoms with Crippen molar-refractivity contribution in [3.05, 3.63) is 58.0 Å². The molecule has 1 heterocycles. The van der Waals surface area contributed by atoms with Gasteiger partial charge in [0.05, 0.1) is 5.56 Å². The molecule has 0 atom stereocenters. The molecule has 0 bridgehead atoms. The number of halogens is 1. The van der Waals surface area contributed by atoms with Gasteiger partial charge in [-0.15, -0.1) is 0 Å². The maximum absolute atomic E-state index is 11.9. The van der Waals surface area contributed by atoms with E-state index < -0.39 is 0 Å². The van der Waals surface area contributed by atoms with Crippen molar-refractivity contribution in [1.82, 2.24) is 4.98 Å². The van der Waals surface area contributed by atoms with E-state index in [9.17, 15) is 4.79 Å². The number of hydrogen-bond acceptors (Lipinski definition) is 4. The highest BCUT2D eigenvalue weighted by Gasteiger charge is 2.09. The van der Waals surface area contributed by atoms with Crippen molar-refractivity contribution in [3.63, 3.8) is 0 Å². The molecule has 0 unspecified atom stereocenters. The molecule has 0 aliphatic rings. The Kier molecular flexibility index (Phi) is 3.20. The molecule has 19 heavy (non-hydrogen) atoms. The van der Waals surface area contributed by atoms with E-state index in [1.165, 1.54) is 6.39 Å². The lowest BCUT2D eigenvalue weighted by atomic mass is 10.2. The van der Waals surface area contributed by atoms with Gasteiger partial charge in [-0.2, -0.15) is 0 Å². The number of rotatable bonds is 2. The second-order valence-electron chi connectivity index (χ2n) is 3.88. The van der Waals surface area contributed by atoms with Gasteiger partial charge in [0.15, 0.2) is 12.0 Å². The third-order valence-corrected chi connectivity index (χ3v) is 3.31. The summed E-state index contributed by atoms with van der Waals surface area (Å²) in [6.45, 7) is 0. The van der Waals surface area contributed by atoms with E-state index in [1.54, 1.807) is 30.3 Å². The summed E-state index contributed by atoms with van der Waals surface area (Å²) < 4.78 is 11.5. The molecule has 94 valence electrons. The highest BCUT2D eigenvalue weighted by Crippen LogP contribution is 2.20. The van der Waals surface area contributed by atoms with Gasteiger partial charge < -0.3 is 9.15 Å². The van der Waals surface area contributed by atoms with Crippen LogP contribution in [0.3, 0.4) is 0 Å². The Morgan fingerprint density at radius 3 is 2.74 bits per heavy atom. The number of oxazole rings is 1. The minimum Gasteiger partial charge on any atom is -0.443 e. The largest absolute Gasteiger partial charge is 0.443 e. The maximum atomic E-state index is 11.9. The third-order valence-electron chi connectivity index (χ3n) is 2.59. The van der Waals surface area contributed by atoms with Crippen molar-refractivity contribution < 1.29 is 13.9 Å². The Balaban J connectivity index is 1.83. The minimum absolute atomic E-state index is 0.390. The Hall–Kier alpha value is -1.89. The SMILES string of the molecule is O=C(Oc1ccc2ocnc2c1)c1ccc(I)cc1. The van der Waals surface area contributed by atoms with E-state index in [0.717, 1.165) is 3.57 Å². The number of ether oxygens (including phenoxy) is 1. The molecule has 0 N–H and O–H groups in total. The number of carbonyl (C=O) groups is 1. The summed E-state index contributed by atoms with van der Waals surface area (Å²) in [4.78, 5) is 15.9. The Morgan fingerprint density at radius 2 is 1.95 bits per heavy atom. The van der Waals surface area contributed by atoms with Crippen molar-refractivity contribution in [2.24, 2.45) is 0 Å². The smallest absolute Gasteiger partial charge is 0.343 e. The molecule has 3 rings (SSSR count). The number of benzene rings is 2. The van der Waals surface area contributed by atoms with Crippen LogP contribution in [0.25, 0.3) is 11.1 Å². The molecular weight excluding hydrogens is 357 g/mol. The molecule has 0 spiro atoms. The summed E-state index contributed by atoms with van der Waals surface area (Å²) in [6.07, 6.45) is 1.36. The predicted octanol–water partition coefficient (Wildman–Crippen LogP) is 3.65. The number of aromatic nitrogens is 1. The van der Waals surface area contributed by atoms with E-state index in [4.69, 9.17) is 9.15 Å². The van der Waals surface area contributed by atoms with Crippen LogP contribution in [0.2, 0.25) is 0 Å². The number of esters is 1. The molecule has 1 aromatic heterocycles. The molecule has 0 radical (unpaired) electrons. The summed E-state index contributed by atoms with van der Waals surface area (Å²) >= 11 is 2.18. The Morgan fingerprint density at radius 1 is 1.16 bits per heavy atom. The van der Waals surface area contributed by atoms with Crippen molar-refractivity contribution in [1.29, 1.82) is 0 Å². The van der Waals surface area contributed by atoms with Crippen molar-refractivity contribution in [2.75, 3.05) is 0 Å². The fourth-order valence-corrected chi connectivity index (χ4v) is 2.01. The van der Waals surface area contributed by atoms with Crippen LogP contribution in [-0.2, 0) is 0 Å². The number of nitrogens with zero attached hydrogens (tertiary/aromatic N) is 1. The summed E-state index contributed by atoms with van der Waals surface area (Å²) in [5.74, 6) is 0.0594. The molecular formula is C14H8INO3. The molecule has 0 aliphatic heterocycles. The first kappa shape index (κ1) is 12.2. The maximum Gasteiger partial charge on any atom is 0.343 e. The van der Waals surface area contributed by atoms with E-state index in [0.29, 0.717) is 22.4 Å². The summed E-state index contributed by atoms with van der Waals surface area (Å²) in [5.41, 5.74) is 1.84. The van der Waals surface area contributed by atoms with Crippen LogP contribution < -0.4 is 4.74 Å². The van der Waals surface area contributed by atoms with Gasteiger partial charge in [-0.3, -0.25) is 0 Å². The molecule has 5 heteroatoms. The van der Waals surface area contributed by atoms with Gasteiger partial charge in [-0.1, -0.05) is 0 Å². The van der Waals surface area contributed by atoms with Gasteiger partial charge >= 0.3 is 5.97 Å². The molecule has 4 nitrogen and oxygen atoms in total. The Labute approximate surface area is 122 Å². The second kappa shape index (κ2) is 5.00. The van der Waals surface area contributed by atoms with Crippen LogP contribution in [0, 0.1) is 3.57 Å². The molecule has 0 saturated carbocycles. The van der Waals surface area contributed by atoms with Gasteiger partial charge in [0.2, 0.25) is 0 Å². The lowest BCUT2D eigenvalue weighted by molar-refractivity contribution is 0.0735. The molecule has 2 aromatic carbocycles. The standard InChI is InChI=1S/C14H8INO3/c15-10-3-1-9(2-4-10)14(17)19-11-5-6-13-12(7-11)16-8-18-13/h1-8H. The fourth-order valence-electron chi connectivity index (χ4n) is 1.65. The van der Waals surface area contributed by atoms with Crippen LogP contribution in [0.5, 0.6) is 5.75 Å². The normalized spacial score (nSPS) is 10.6. The quantitative estimate of drug-likeness (QED) is 0.395. The summed E-state index contributed by atoms with van der Waals surface area (Å²) in [5, 5.41) is 0. The molecule has 0 amide bonds. The van der Waals surface area contributed by atoms with Gasteiger partial charge in [0.1, 0.15) is 11.3 Å². The summed E-state index contributed by atoms with van der Waals surface area (Å²) in [7, 11) is 0. The van der Waals surface area contributed by atoms with E-state index in [1.807, 2.05) is 12.1 Å². The second-order valence-corrected chi connectivity index (χ2v) is 5.12. The summed E-state index contributed by atoms with van der Waals surface area (Å²) in [6, 6.07) is 12.3. The van der Waals surface area contributed by atoms with Crippen molar-refractivity contribution in [3.8, 4) is 5.75 Å². The first-order chi connectivity index (χ1) is 9.22. The molecule has 0 fully saturated rings. The highest BCUT2D eigenvalue weighted by molar-refractivity contribution is 14.1. The van der Waals surface area contributed by atoms with Crippen molar-refractivity contribution >= 4 is 39.7 Å². The predicted molar refractivity (Wildman–Crippen MR) is 78.1 cm³/mol. The van der Waals surface area contributed by atoms with E-state index in [2.05, 4.69) is 27.6 Å². The Bertz CT molecular complexity index is 734. The lowest BCUT2D eigenvalue weighted by Gasteiger charge is -2.04. The average molecular weight is 365 g/mol. The van der Waals surface area contributed by atoms with Crippen LogP contribution in [0.15, 0.2) is 53.3 Å². The zero-order chi connectivity index (χ0) is 13.2. The van der Waals surface area contributed by atoms with Crippen molar-refractivity contribution in [2.45, 2.75) is 0 Å². The van der Waals surface area contributed by atoms with E-state index in [-0.39, 0.29) is 5.97 Å². The minimum atomic E-state index is -0.390. The fraction of sp³-hybridized carbons (Fsp3) is 0. The molecule has 0 saturated heterocycles. The zero-order valence-electron chi connectivity index (χ0n) is 9.67. The van der Waals surface area contributed by atoms with Crippen LogP contribution >= 0.6 is 22.6 Å². The molecule has 3 aromatic rings. The monoisotopic (exact) mass is 365 g/mol. The molecule has 0 aliphatic carbocycles. The van der Waals surface area contributed by atoms with Gasteiger partial charge in [-0.25, -0.2) is 9.78 Å². The lowest BCUT2D eigenvalue weighted by Crippen LogP contribution is -2.08. The van der Waals surface area contributed by atoms with Crippen LogP contribution in [0.4, 0.5) is 0 Å². The van der Waals surface area contributed by atoms with Gasteiger partial charge in [0.25, 0.3) is 0 Å². The number of fused-ring (bicyclic) bond motifs is 1. The van der Waals surface area contributed by atoms with Gasteiger partial charge in [0, 0.05) is 9.64 Å². The number of hydrogen-bond donors (Lipinski definition) is 0. The van der Waals surface area contributed by atoms with Crippen LogP contribution in [0.1, 0.15) is 10.4 Å². The topological polar surface area (TPSA) is 52.3 Å². The van der Waals surface area contributed by atoms with Gasteiger partial charge in [-0.05, 0) is 59.0 Å². The zero-order valence-corrected chi connectivity index (χ0v) is 11.8. The first-order valence-corrected chi connectivity index (χ1v) is 6.61. The highest BCUT2D eigenvalue weighted by atomic mass is 127.